The Morgan fingerprint density at radius 2 is 1.68 bits per heavy atom. The predicted molar refractivity (Wildman–Crippen MR) is 101 cm³/mol. The number of benzene rings is 2. The van der Waals surface area contributed by atoms with E-state index in [4.69, 9.17) is 11.6 Å². The van der Waals surface area contributed by atoms with Crippen LogP contribution in [-0.2, 0) is 0 Å². The maximum absolute atomic E-state index is 6.02. The number of halogens is 1. The molecule has 0 aliphatic carbocycles. The SMILES string of the molecule is Clc1ccc([Se]c2c(-c3ccccc3)[se]c3sccc23)cc1. The van der Waals surface area contributed by atoms with Gasteiger partial charge in [0.05, 0.1) is 0 Å². The van der Waals surface area contributed by atoms with E-state index in [1.807, 2.05) is 23.5 Å². The fourth-order valence-corrected chi connectivity index (χ4v) is 9.60. The van der Waals surface area contributed by atoms with Gasteiger partial charge in [-0.05, 0) is 0 Å². The summed E-state index contributed by atoms with van der Waals surface area (Å²) in [4.78, 5) is 0. The molecule has 108 valence electrons. The summed E-state index contributed by atoms with van der Waals surface area (Å²) < 4.78 is 6.06. The van der Waals surface area contributed by atoms with Gasteiger partial charge in [-0.1, -0.05) is 0 Å². The van der Waals surface area contributed by atoms with E-state index in [1.165, 1.54) is 15.4 Å². The molecule has 0 N–H and O–H groups in total. The van der Waals surface area contributed by atoms with Crippen molar-refractivity contribution >= 4 is 70.3 Å². The predicted octanol–water partition coefficient (Wildman–Crippen LogP) is 3.93. The molecule has 4 rings (SSSR count). The normalized spacial score (nSPS) is 11.1. The number of rotatable bonds is 3. The minimum atomic E-state index is 0.323. The van der Waals surface area contributed by atoms with E-state index in [1.54, 1.807) is 12.5 Å². The molecule has 0 saturated carbocycles. The Morgan fingerprint density at radius 1 is 0.909 bits per heavy atom. The van der Waals surface area contributed by atoms with Crippen LogP contribution in [0.4, 0.5) is 0 Å². The first-order chi connectivity index (χ1) is 10.8. The van der Waals surface area contributed by atoms with Crippen molar-refractivity contribution in [1.82, 2.24) is 0 Å². The average molecular weight is 453 g/mol. The molecule has 22 heavy (non-hydrogen) atoms. The molecular formula is C18H11ClSSe2. The molecule has 0 nitrogen and oxygen atoms in total. The number of fused-ring (bicyclic) bond motifs is 1. The molecule has 0 aliphatic heterocycles. The van der Waals surface area contributed by atoms with Crippen molar-refractivity contribution in [3.63, 3.8) is 0 Å². The average Bonchev–Trinajstić information content (AvgIpc) is 3.13. The second-order valence-corrected chi connectivity index (χ2v) is 11.2. The van der Waals surface area contributed by atoms with Gasteiger partial charge >= 0.3 is 151 Å². The molecule has 2 heterocycles. The fraction of sp³-hybridized carbons (Fsp3) is 0. The third-order valence-corrected chi connectivity index (χ3v) is 10.6. The van der Waals surface area contributed by atoms with Crippen LogP contribution in [0.15, 0.2) is 66.0 Å². The zero-order valence-corrected chi connectivity index (χ0v) is 16.5. The fourth-order valence-electron chi connectivity index (χ4n) is 2.31. The van der Waals surface area contributed by atoms with E-state index < -0.39 is 0 Å². The van der Waals surface area contributed by atoms with Crippen LogP contribution in [0, 0.1) is 0 Å². The van der Waals surface area contributed by atoms with E-state index in [0.717, 1.165) is 5.02 Å². The van der Waals surface area contributed by atoms with E-state index in [0.29, 0.717) is 29.5 Å². The standard InChI is InChI=1S/C18H11ClSSe2/c19-13-6-8-14(9-7-13)21-17-15-10-11-20-18(15)22-16(17)12-4-2-1-3-5-12/h1-11H. The zero-order valence-electron chi connectivity index (χ0n) is 11.5. The van der Waals surface area contributed by atoms with Gasteiger partial charge in [0.1, 0.15) is 0 Å². The maximum atomic E-state index is 6.02. The molecular weight excluding hydrogens is 442 g/mol. The van der Waals surface area contributed by atoms with Crippen LogP contribution < -0.4 is 8.92 Å². The molecule has 4 aromatic rings. The first-order valence-corrected chi connectivity index (χ1v) is 11.5. The molecule has 0 amide bonds. The molecule has 0 bridgehead atoms. The van der Waals surface area contributed by atoms with Gasteiger partial charge in [-0.3, -0.25) is 0 Å². The summed E-state index contributed by atoms with van der Waals surface area (Å²) in [6, 6.07) is 21.5. The minimum absolute atomic E-state index is 0.323. The monoisotopic (exact) mass is 454 g/mol. The summed E-state index contributed by atoms with van der Waals surface area (Å²) in [6.07, 6.45) is 0. The van der Waals surface area contributed by atoms with Gasteiger partial charge in [-0.25, -0.2) is 0 Å². The molecule has 0 atom stereocenters. The van der Waals surface area contributed by atoms with Crippen LogP contribution in [0.25, 0.3) is 19.0 Å². The molecule has 0 aliphatic rings. The van der Waals surface area contributed by atoms with Crippen LogP contribution >= 0.6 is 22.9 Å². The molecule has 2 aromatic carbocycles. The molecule has 0 spiro atoms. The van der Waals surface area contributed by atoms with Gasteiger partial charge in [0.25, 0.3) is 0 Å². The Bertz CT molecular complexity index is 907. The quantitative estimate of drug-likeness (QED) is 0.413. The Balaban J connectivity index is 1.84. The topological polar surface area (TPSA) is 0 Å². The molecule has 0 radical (unpaired) electrons. The van der Waals surface area contributed by atoms with Gasteiger partial charge in [-0.15, -0.1) is 0 Å². The van der Waals surface area contributed by atoms with Crippen molar-refractivity contribution in [2.24, 2.45) is 0 Å². The Morgan fingerprint density at radius 3 is 2.45 bits per heavy atom. The van der Waals surface area contributed by atoms with Crippen molar-refractivity contribution in [2.75, 3.05) is 0 Å². The molecule has 0 fully saturated rings. The third-order valence-electron chi connectivity index (χ3n) is 3.34. The first kappa shape index (κ1) is 14.8. The number of hydrogen-bond acceptors (Lipinski definition) is 1. The van der Waals surface area contributed by atoms with Gasteiger partial charge in [0, 0.05) is 0 Å². The molecule has 0 saturated heterocycles. The summed E-state index contributed by atoms with van der Waals surface area (Å²) in [5, 5.41) is 4.52. The van der Waals surface area contributed by atoms with Crippen LogP contribution in [0.2, 0.25) is 5.02 Å². The van der Waals surface area contributed by atoms with E-state index in [9.17, 15) is 0 Å². The van der Waals surface area contributed by atoms with Gasteiger partial charge in [0.15, 0.2) is 0 Å². The van der Waals surface area contributed by atoms with E-state index in [2.05, 4.69) is 53.9 Å². The van der Waals surface area contributed by atoms with E-state index in [-0.39, 0.29) is 0 Å². The van der Waals surface area contributed by atoms with Gasteiger partial charge in [-0.2, -0.15) is 0 Å². The first-order valence-electron chi connectivity index (χ1n) is 6.80. The second kappa shape index (κ2) is 6.37. The Kier molecular flexibility index (Phi) is 4.28. The van der Waals surface area contributed by atoms with E-state index >= 15 is 0 Å². The summed E-state index contributed by atoms with van der Waals surface area (Å²) in [6.45, 7) is 0. The zero-order chi connectivity index (χ0) is 14.9. The van der Waals surface area contributed by atoms with Gasteiger partial charge < -0.3 is 0 Å². The Labute approximate surface area is 150 Å². The van der Waals surface area contributed by atoms with Crippen molar-refractivity contribution < 1.29 is 0 Å². The molecule has 2 aromatic heterocycles. The van der Waals surface area contributed by atoms with Crippen molar-refractivity contribution in [3.05, 3.63) is 71.1 Å². The molecule has 0 unspecified atom stereocenters. The van der Waals surface area contributed by atoms with Crippen molar-refractivity contribution in [2.45, 2.75) is 0 Å². The summed E-state index contributed by atoms with van der Waals surface area (Å²) in [5.41, 5.74) is 1.39. The van der Waals surface area contributed by atoms with Crippen LogP contribution in [0.3, 0.4) is 0 Å². The van der Waals surface area contributed by atoms with Crippen LogP contribution in [-0.4, -0.2) is 29.5 Å². The van der Waals surface area contributed by atoms with Crippen molar-refractivity contribution in [3.8, 4) is 10.0 Å². The summed E-state index contributed by atoms with van der Waals surface area (Å²) in [5.74, 6) is 0. The third kappa shape index (κ3) is 2.86. The number of hydrogen-bond donors (Lipinski definition) is 0. The number of thiophene rings is 1. The summed E-state index contributed by atoms with van der Waals surface area (Å²) in [7, 11) is 0. The summed E-state index contributed by atoms with van der Waals surface area (Å²) >= 11 is 8.68. The molecule has 4 heteroatoms. The van der Waals surface area contributed by atoms with Crippen molar-refractivity contribution in [1.29, 1.82) is 0 Å². The van der Waals surface area contributed by atoms with Gasteiger partial charge in [0.2, 0.25) is 0 Å². The van der Waals surface area contributed by atoms with Crippen LogP contribution in [0.5, 0.6) is 0 Å². The second-order valence-electron chi connectivity index (χ2n) is 4.80. The Hall–Kier alpha value is -0.791. The van der Waals surface area contributed by atoms with Crippen LogP contribution in [0.1, 0.15) is 0 Å².